The van der Waals surface area contributed by atoms with Crippen molar-refractivity contribution in [3.63, 3.8) is 0 Å². The van der Waals surface area contributed by atoms with Crippen molar-refractivity contribution in [3.8, 4) is 0 Å². The second-order valence-electron chi connectivity index (χ2n) is 0.973. The second kappa shape index (κ2) is 2.15. The van der Waals surface area contributed by atoms with Gasteiger partial charge in [0.05, 0.1) is 0 Å². The Labute approximate surface area is 47.8 Å². The zero-order valence-electron chi connectivity index (χ0n) is 3.46. The van der Waals surface area contributed by atoms with Gasteiger partial charge < -0.3 is 4.75 Å². The molecule has 0 atom stereocenters. The molecule has 2 nitrogen and oxygen atoms in total. The number of aromatic amines is 1. The Morgan fingerprint density at radius 1 is 1.86 bits per heavy atom. The molecular formula is C3H3N2PS. The number of hydrogen-bond donors (Lipinski definition) is 1. The highest BCUT2D eigenvalue weighted by Gasteiger charge is 1.67. The lowest BCUT2D eigenvalue weighted by Gasteiger charge is -1.74. The third kappa shape index (κ3) is 1.33. The number of rotatable bonds is 0. The summed E-state index contributed by atoms with van der Waals surface area (Å²) in [5.74, 6) is 1.88. The van der Waals surface area contributed by atoms with E-state index in [0.717, 1.165) is 8.35 Å². The molecular weight excluding hydrogens is 127 g/mol. The molecule has 1 aromatic heterocycles. The Hall–Kier alpha value is -0.270. The molecule has 0 saturated heterocycles. The van der Waals surface area contributed by atoms with Crippen LogP contribution < -0.4 is 0 Å². The predicted octanol–water partition coefficient (Wildman–Crippen LogP) is 1.72. The molecule has 1 N–H and O–H groups in total. The molecule has 0 aliphatic heterocycles. The van der Waals surface area contributed by atoms with Crippen molar-refractivity contribution < 1.29 is 0 Å². The van der Waals surface area contributed by atoms with E-state index in [1.54, 1.807) is 6.20 Å². The maximum atomic E-state index is 4.67. The minimum Gasteiger partial charge on any atom is -0.313 e. The molecule has 0 fully saturated rings. The minimum absolute atomic E-state index is 0.573. The van der Waals surface area contributed by atoms with Crippen molar-refractivity contribution in [1.82, 2.24) is 9.73 Å². The summed E-state index contributed by atoms with van der Waals surface area (Å²) < 4.78 is 3.41. The van der Waals surface area contributed by atoms with E-state index in [4.69, 9.17) is 0 Å². The molecule has 0 spiro atoms. The van der Waals surface area contributed by atoms with Gasteiger partial charge in [0.1, 0.15) is 0 Å². The van der Waals surface area contributed by atoms with Crippen LogP contribution in [0.4, 0.5) is 0 Å². The minimum atomic E-state index is 0.573. The van der Waals surface area contributed by atoms with Gasteiger partial charge in [-0.1, -0.05) is 0 Å². The molecule has 0 amide bonds. The van der Waals surface area contributed by atoms with Gasteiger partial charge in [0.25, 0.3) is 0 Å². The van der Waals surface area contributed by atoms with Crippen molar-refractivity contribution in [2.75, 3.05) is 0 Å². The molecule has 0 aromatic carbocycles. The van der Waals surface area contributed by atoms with E-state index in [0.29, 0.717) is 4.77 Å². The van der Waals surface area contributed by atoms with Gasteiger partial charge in [-0.2, -0.15) is 0 Å². The first kappa shape index (κ1) is 4.88. The summed E-state index contributed by atoms with van der Waals surface area (Å²) >= 11 is 4.67. The standard InChI is InChI=1S/C3H3N2PS/c7-3-4-1-2-6-5-3/h1-2H,(H,4,5,7). The zero-order chi connectivity index (χ0) is 5.11. The van der Waals surface area contributed by atoms with E-state index in [1.807, 2.05) is 5.80 Å². The molecule has 0 aliphatic carbocycles. The second-order valence-corrected chi connectivity index (χ2v) is 2.14. The van der Waals surface area contributed by atoms with Gasteiger partial charge in [0, 0.05) is 20.3 Å². The summed E-state index contributed by atoms with van der Waals surface area (Å²) in [6.07, 6.45) is 1.69. The largest absolute Gasteiger partial charge is 0.313 e. The lowest BCUT2D eigenvalue weighted by atomic mass is 11.0. The summed E-state index contributed by atoms with van der Waals surface area (Å²) in [4.78, 5) is 3.76. The number of H-pyrrole nitrogens is 1. The number of aromatic nitrogens is 2. The first-order valence-corrected chi connectivity index (χ1v) is 3.12. The summed E-state index contributed by atoms with van der Waals surface area (Å²) in [6.45, 7) is 0. The van der Waals surface area contributed by atoms with E-state index in [-0.39, 0.29) is 0 Å². The third-order valence-electron chi connectivity index (χ3n) is 0.493. The van der Waals surface area contributed by atoms with E-state index in [1.165, 1.54) is 0 Å². The van der Waals surface area contributed by atoms with Crippen LogP contribution in [0.5, 0.6) is 0 Å². The average molecular weight is 130 g/mol. The van der Waals surface area contributed by atoms with Gasteiger partial charge in [-0.05, 0) is 12.2 Å². The SMILES string of the molecule is S=c1nccp[nH]1. The Balaban J connectivity index is 3.28. The van der Waals surface area contributed by atoms with Crippen LogP contribution >= 0.6 is 20.6 Å². The molecule has 4 heteroatoms. The van der Waals surface area contributed by atoms with Crippen molar-refractivity contribution in [2.24, 2.45) is 0 Å². The van der Waals surface area contributed by atoms with E-state index in [9.17, 15) is 0 Å². The van der Waals surface area contributed by atoms with Crippen LogP contribution in [-0.2, 0) is 0 Å². The quantitative estimate of drug-likeness (QED) is 0.541. The smallest absolute Gasteiger partial charge is 0.200 e. The van der Waals surface area contributed by atoms with E-state index in [2.05, 4.69) is 21.9 Å². The highest BCUT2D eigenvalue weighted by atomic mass is 32.1. The van der Waals surface area contributed by atoms with Crippen LogP contribution in [0.1, 0.15) is 0 Å². The Bertz CT molecular complexity index is 179. The summed E-state index contributed by atoms with van der Waals surface area (Å²) in [7, 11) is 1.03. The van der Waals surface area contributed by atoms with Crippen molar-refractivity contribution >= 4 is 20.6 Å². The predicted molar refractivity (Wildman–Crippen MR) is 31.9 cm³/mol. The molecule has 0 radical (unpaired) electrons. The van der Waals surface area contributed by atoms with Crippen LogP contribution in [-0.4, -0.2) is 9.73 Å². The third-order valence-corrected chi connectivity index (χ3v) is 1.48. The van der Waals surface area contributed by atoms with Crippen LogP contribution in [0.25, 0.3) is 0 Å². The first-order chi connectivity index (χ1) is 3.39. The fraction of sp³-hybridized carbons (Fsp3) is 0. The summed E-state index contributed by atoms with van der Waals surface area (Å²) in [6, 6.07) is 0. The van der Waals surface area contributed by atoms with E-state index < -0.39 is 0 Å². The molecule has 0 bridgehead atoms. The topological polar surface area (TPSA) is 28.7 Å². The average Bonchev–Trinajstić information content (AvgIpc) is 1.69. The monoisotopic (exact) mass is 130 g/mol. The van der Waals surface area contributed by atoms with Gasteiger partial charge in [0.2, 0.25) is 0 Å². The Kier molecular flexibility index (Phi) is 1.50. The van der Waals surface area contributed by atoms with Gasteiger partial charge in [-0.15, -0.1) is 0 Å². The van der Waals surface area contributed by atoms with Crippen LogP contribution in [0, 0.1) is 4.77 Å². The molecule has 0 aliphatic rings. The van der Waals surface area contributed by atoms with Crippen LogP contribution in [0.15, 0.2) is 12.0 Å². The maximum absolute atomic E-state index is 4.67. The van der Waals surface area contributed by atoms with Crippen molar-refractivity contribution in [2.45, 2.75) is 0 Å². The van der Waals surface area contributed by atoms with Crippen LogP contribution in [0.3, 0.4) is 0 Å². The lowest BCUT2D eigenvalue weighted by molar-refractivity contribution is 1.23. The summed E-state index contributed by atoms with van der Waals surface area (Å²) in [5, 5.41) is 0. The molecule has 0 unspecified atom stereocenters. The molecule has 36 valence electrons. The highest BCUT2D eigenvalue weighted by molar-refractivity contribution is 7.71. The fourth-order valence-corrected chi connectivity index (χ4v) is 0.851. The number of hydrogen-bond acceptors (Lipinski definition) is 2. The van der Waals surface area contributed by atoms with Crippen molar-refractivity contribution in [1.29, 1.82) is 0 Å². The van der Waals surface area contributed by atoms with Gasteiger partial charge >= 0.3 is 0 Å². The molecule has 1 aromatic rings. The molecule has 1 heterocycles. The number of nitrogens with one attached hydrogen (secondary N) is 1. The van der Waals surface area contributed by atoms with E-state index >= 15 is 0 Å². The zero-order valence-corrected chi connectivity index (χ0v) is 5.17. The molecule has 1 rings (SSSR count). The van der Waals surface area contributed by atoms with Crippen LogP contribution in [0.2, 0.25) is 0 Å². The Morgan fingerprint density at radius 3 is 3.00 bits per heavy atom. The first-order valence-electron chi connectivity index (χ1n) is 1.75. The molecule has 0 saturated carbocycles. The van der Waals surface area contributed by atoms with Gasteiger partial charge in [-0.3, -0.25) is 0 Å². The Morgan fingerprint density at radius 2 is 2.71 bits per heavy atom. The van der Waals surface area contributed by atoms with Crippen molar-refractivity contribution in [3.05, 3.63) is 16.8 Å². The maximum Gasteiger partial charge on any atom is 0.200 e. The molecule has 7 heavy (non-hydrogen) atoms. The fourth-order valence-electron chi connectivity index (χ4n) is 0.256. The lowest BCUT2D eigenvalue weighted by Crippen LogP contribution is -1.67. The highest BCUT2D eigenvalue weighted by Crippen LogP contribution is 1.91. The van der Waals surface area contributed by atoms with Gasteiger partial charge in [-0.25, -0.2) is 4.98 Å². The van der Waals surface area contributed by atoms with Gasteiger partial charge in [0.15, 0.2) is 4.77 Å². The summed E-state index contributed by atoms with van der Waals surface area (Å²) in [5.41, 5.74) is 0. The number of nitrogens with zero attached hydrogens (tertiary/aromatic N) is 1. The normalized spacial score (nSPS) is 9.71.